The number of alkyl halides is 1. The van der Waals surface area contributed by atoms with Gasteiger partial charge in [0.25, 0.3) is 0 Å². The molecule has 4 rings (SSSR count). The Morgan fingerprint density at radius 3 is 2.24 bits per heavy atom. The summed E-state index contributed by atoms with van der Waals surface area (Å²) < 4.78 is 0. The molecule has 34 heavy (non-hydrogen) atoms. The van der Waals surface area contributed by atoms with Gasteiger partial charge < -0.3 is 10.2 Å². The van der Waals surface area contributed by atoms with Crippen LogP contribution in [0.1, 0.15) is 91.9 Å². The number of fused-ring (bicyclic) bond motifs is 1. The molecule has 4 fully saturated rings. The first kappa shape index (κ1) is 27.1. The highest BCUT2D eigenvalue weighted by atomic mass is 35.5. The molecule has 4 aliphatic rings. The van der Waals surface area contributed by atoms with Gasteiger partial charge >= 0.3 is 0 Å². The molecule has 198 valence electrons. The molecule has 6 heteroatoms. The average molecular weight is 496 g/mol. The molecule has 4 atom stereocenters. The van der Waals surface area contributed by atoms with Crippen LogP contribution in [0.5, 0.6) is 0 Å². The van der Waals surface area contributed by atoms with Gasteiger partial charge in [-0.25, -0.2) is 0 Å². The fourth-order valence-corrected chi connectivity index (χ4v) is 7.78. The summed E-state index contributed by atoms with van der Waals surface area (Å²) in [6, 6.07) is 1.93. The fraction of sp³-hybridized carbons (Fsp3) is 1.00. The van der Waals surface area contributed by atoms with Crippen molar-refractivity contribution < 1.29 is 0 Å². The highest BCUT2D eigenvalue weighted by Gasteiger charge is 2.41. The Labute approximate surface area is 215 Å². The van der Waals surface area contributed by atoms with Gasteiger partial charge in [0.15, 0.2) is 0 Å². The molecule has 2 aliphatic heterocycles. The van der Waals surface area contributed by atoms with Crippen molar-refractivity contribution in [3.8, 4) is 0 Å². The van der Waals surface area contributed by atoms with Crippen LogP contribution in [0.2, 0.25) is 0 Å². The molecule has 0 aromatic heterocycles. The highest BCUT2D eigenvalue weighted by Crippen LogP contribution is 2.45. The summed E-state index contributed by atoms with van der Waals surface area (Å²) in [6.45, 7) is 15.7. The first-order valence-electron chi connectivity index (χ1n) is 14.7. The molecule has 5 nitrogen and oxygen atoms in total. The maximum Gasteiger partial charge on any atom is 0.112 e. The number of piperidine rings is 1. The topological polar surface area (TPSA) is 51.4 Å². The maximum absolute atomic E-state index is 6.40. The maximum atomic E-state index is 6.40. The second-order valence-electron chi connectivity index (χ2n) is 13.0. The zero-order valence-corrected chi connectivity index (χ0v) is 23.3. The summed E-state index contributed by atoms with van der Waals surface area (Å²) in [6.07, 6.45) is 13.4. The van der Waals surface area contributed by atoms with Crippen LogP contribution in [-0.4, -0.2) is 67.4 Å². The van der Waals surface area contributed by atoms with Crippen molar-refractivity contribution in [2.75, 3.05) is 32.7 Å². The van der Waals surface area contributed by atoms with Crippen molar-refractivity contribution in [3.05, 3.63) is 0 Å². The number of nitrogens with one attached hydrogen (secondary N) is 4. The number of nitrogens with zero attached hydrogens (tertiary/aromatic N) is 1. The van der Waals surface area contributed by atoms with Crippen molar-refractivity contribution in [2.24, 2.45) is 23.2 Å². The van der Waals surface area contributed by atoms with E-state index in [1.165, 1.54) is 83.8 Å². The van der Waals surface area contributed by atoms with Crippen LogP contribution in [0.3, 0.4) is 0 Å². The molecule has 0 radical (unpaired) electrons. The SMILES string of the molecule is CC(C)[C@H](CN1CCC(C2CCC(Cl)CC2)C(C)(C)C1)NCCCNC1NC2CCCCC2N1. The summed E-state index contributed by atoms with van der Waals surface area (Å²) >= 11 is 6.40. The molecular weight excluding hydrogens is 442 g/mol. The molecular formula is C28H54ClN5. The van der Waals surface area contributed by atoms with E-state index in [1.54, 1.807) is 0 Å². The molecule has 2 saturated heterocycles. The van der Waals surface area contributed by atoms with E-state index in [4.69, 9.17) is 11.6 Å². The number of hydrogen-bond donors (Lipinski definition) is 4. The van der Waals surface area contributed by atoms with Gasteiger partial charge in [0.1, 0.15) is 6.29 Å². The monoisotopic (exact) mass is 495 g/mol. The summed E-state index contributed by atoms with van der Waals surface area (Å²) in [7, 11) is 0. The number of halogens is 1. The Hall–Kier alpha value is 0.0900. The van der Waals surface area contributed by atoms with Crippen LogP contribution in [0.4, 0.5) is 0 Å². The zero-order valence-electron chi connectivity index (χ0n) is 22.6. The van der Waals surface area contributed by atoms with Gasteiger partial charge in [0, 0.05) is 36.6 Å². The lowest BCUT2D eigenvalue weighted by Gasteiger charge is -2.49. The van der Waals surface area contributed by atoms with E-state index in [0.717, 1.165) is 24.9 Å². The second-order valence-corrected chi connectivity index (χ2v) is 13.6. The molecule has 2 heterocycles. The minimum Gasteiger partial charge on any atom is -0.312 e. The van der Waals surface area contributed by atoms with E-state index in [2.05, 4.69) is 53.9 Å². The molecule has 0 bridgehead atoms. The van der Waals surface area contributed by atoms with Gasteiger partial charge in [-0.15, -0.1) is 11.6 Å². The fourth-order valence-electron chi connectivity index (χ4n) is 7.53. The number of rotatable bonds is 10. The molecule has 0 spiro atoms. The standard InChI is InChI=1S/C28H54ClN5/c1-20(2)26(30-15-7-16-31-27-32-24-8-5-6-9-25(24)33-27)18-34-17-14-23(28(3,4)19-34)21-10-12-22(29)13-11-21/h20-27,30-33H,5-19H2,1-4H3/t21?,22?,23?,24?,25?,26-,27?/m0/s1. The number of likely N-dealkylation sites (tertiary alicyclic amines) is 1. The van der Waals surface area contributed by atoms with Gasteiger partial charge in [-0.1, -0.05) is 40.5 Å². The Kier molecular flexibility index (Phi) is 10.0. The van der Waals surface area contributed by atoms with Crippen molar-refractivity contribution in [1.82, 2.24) is 26.2 Å². The van der Waals surface area contributed by atoms with Crippen molar-refractivity contribution >= 4 is 11.6 Å². The first-order valence-corrected chi connectivity index (χ1v) is 15.1. The third-order valence-corrected chi connectivity index (χ3v) is 9.99. The molecule has 0 aromatic rings. The summed E-state index contributed by atoms with van der Waals surface area (Å²) in [5.74, 6) is 2.42. The van der Waals surface area contributed by atoms with Crippen LogP contribution in [0, 0.1) is 23.2 Å². The molecule has 0 aromatic carbocycles. The van der Waals surface area contributed by atoms with E-state index in [9.17, 15) is 0 Å². The van der Waals surface area contributed by atoms with Gasteiger partial charge in [0.2, 0.25) is 0 Å². The van der Waals surface area contributed by atoms with E-state index >= 15 is 0 Å². The largest absolute Gasteiger partial charge is 0.312 e. The lowest BCUT2D eigenvalue weighted by Crippen LogP contribution is -2.53. The number of hydrogen-bond acceptors (Lipinski definition) is 5. The Morgan fingerprint density at radius 2 is 1.62 bits per heavy atom. The summed E-state index contributed by atoms with van der Waals surface area (Å²) in [5.41, 5.74) is 0.409. The zero-order chi connectivity index (χ0) is 24.1. The van der Waals surface area contributed by atoms with Gasteiger partial charge in [-0.2, -0.15) is 0 Å². The lowest BCUT2D eigenvalue weighted by atomic mass is 9.64. The van der Waals surface area contributed by atoms with E-state index in [1.807, 2.05) is 0 Å². The predicted octanol–water partition coefficient (Wildman–Crippen LogP) is 4.51. The first-order chi connectivity index (χ1) is 16.3. The summed E-state index contributed by atoms with van der Waals surface area (Å²) in [5, 5.41) is 15.5. The van der Waals surface area contributed by atoms with Gasteiger partial charge in [0.05, 0.1) is 0 Å². The van der Waals surface area contributed by atoms with Gasteiger partial charge in [-0.3, -0.25) is 16.0 Å². The van der Waals surface area contributed by atoms with Crippen LogP contribution in [0.15, 0.2) is 0 Å². The third kappa shape index (κ3) is 7.32. The molecule has 3 unspecified atom stereocenters. The van der Waals surface area contributed by atoms with Crippen LogP contribution in [0.25, 0.3) is 0 Å². The summed E-state index contributed by atoms with van der Waals surface area (Å²) in [4.78, 5) is 2.76. The minimum absolute atomic E-state index is 0.303. The minimum atomic E-state index is 0.303. The average Bonchev–Trinajstić information content (AvgIpc) is 3.21. The van der Waals surface area contributed by atoms with Crippen molar-refractivity contribution in [2.45, 2.75) is 122 Å². The molecule has 0 amide bonds. The lowest BCUT2D eigenvalue weighted by molar-refractivity contribution is 0.00486. The van der Waals surface area contributed by atoms with E-state index in [-0.39, 0.29) is 0 Å². The Bertz CT molecular complexity index is 592. The van der Waals surface area contributed by atoms with E-state index < -0.39 is 0 Å². The predicted molar refractivity (Wildman–Crippen MR) is 145 cm³/mol. The normalized spacial score (nSPS) is 37.6. The van der Waals surface area contributed by atoms with Crippen LogP contribution >= 0.6 is 11.6 Å². The van der Waals surface area contributed by atoms with Crippen LogP contribution < -0.4 is 21.3 Å². The second kappa shape index (κ2) is 12.6. The van der Waals surface area contributed by atoms with Crippen molar-refractivity contribution in [3.63, 3.8) is 0 Å². The Morgan fingerprint density at radius 1 is 0.941 bits per heavy atom. The Balaban J connectivity index is 1.15. The van der Waals surface area contributed by atoms with Crippen LogP contribution in [-0.2, 0) is 0 Å². The molecule has 2 saturated carbocycles. The van der Waals surface area contributed by atoms with Crippen molar-refractivity contribution in [1.29, 1.82) is 0 Å². The van der Waals surface area contributed by atoms with E-state index in [0.29, 0.717) is 41.1 Å². The third-order valence-electron chi connectivity index (χ3n) is 9.56. The highest BCUT2D eigenvalue weighted by molar-refractivity contribution is 6.20. The molecule has 2 aliphatic carbocycles. The smallest absolute Gasteiger partial charge is 0.112 e. The quantitative estimate of drug-likeness (QED) is 0.265. The van der Waals surface area contributed by atoms with Gasteiger partial charge in [-0.05, 0) is 94.2 Å². The molecule has 4 N–H and O–H groups in total.